The van der Waals surface area contributed by atoms with Gasteiger partial charge < -0.3 is 0 Å². The van der Waals surface area contributed by atoms with Crippen molar-refractivity contribution in [3.8, 4) is 0 Å². The van der Waals surface area contributed by atoms with Gasteiger partial charge in [0.1, 0.15) is 0 Å². The van der Waals surface area contributed by atoms with Crippen LogP contribution in [0.2, 0.25) is 0 Å². The van der Waals surface area contributed by atoms with Crippen molar-refractivity contribution in [2.75, 3.05) is 25.1 Å². The molecule has 0 heterocycles. The zero-order valence-electron chi connectivity index (χ0n) is 5.96. The molecule has 0 aliphatic rings. The molecule has 0 rings (SSSR count). The summed E-state index contributed by atoms with van der Waals surface area (Å²) in [5.74, 6) is 0. The highest BCUT2D eigenvalue weighted by Crippen LogP contribution is 1.87. The van der Waals surface area contributed by atoms with Crippen molar-refractivity contribution >= 4 is 32.8 Å². The molecule has 62 valence electrons. The monoisotopic (exact) mass is 278 g/mol. The van der Waals surface area contributed by atoms with Gasteiger partial charge in [-0.1, -0.05) is 22.6 Å². The fraction of sp³-hybridized carbons (Fsp3) is 1.00. The third-order valence-electron chi connectivity index (χ3n) is 0.860. The van der Waals surface area contributed by atoms with Gasteiger partial charge in [0.25, 0.3) is 10.2 Å². The number of alkyl halides is 1. The first-order valence-electron chi connectivity index (χ1n) is 2.74. The number of hydrogen-bond donors (Lipinski definition) is 1. The number of halogens is 1. The first-order valence-corrected chi connectivity index (χ1v) is 5.70. The zero-order valence-corrected chi connectivity index (χ0v) is 8.94. The van der Waals surface area contributed by atoms with Crippen molar-refractivity contribution < 1.29 is 8.42 Å². The van der Waals surface area contributed by atoms with Crippen LogP contribution in [0.1, 0.15) is 0 Å². The number of nitrogens with zero attached hydrogens (tertiary/aromatic N) is 1. The van der Waals surface area contributed by atoms with E-state index in [1.165, 1.54) is 14.1 Å². The Hall–Kier alpha value is 0.600. The van der Waals surface area contributed by atoms with Crippen LogP contribution in [0.15, 0.2) is 0 Å². The second-order valence-corrected chi connectivity index (χ2v) is 4.92. The van der Waals surface area contributed by atoms with Gasteiger partial charge in [0, 0.05) is 25.1 Å². The summed E-state index contributed by atoms with van der Waals surface area (Å²) in [4.78, 5) is 0. The summed E-state index contributed by atoms with van der Waals surface area (Å²) in [5.41, 5.74) is 0. The van der Waals surface area contributed by atoms with Crippen LogP contribution in [0.4, 0.5) is 0 Å². The topological polar surface area (TPSA) is 49.4 Å². The van der Waals surface area contributed by atoms with Crippen molar-refractivity contribution in [3.05, 3.63) is 0 Å². The summed E-state index contributed by atoms with van der Waals surface area (Å²) in [7, 11) is -0.191. The molecule has 0 radical (unpaired) electrons. The fourth-order valence-corrected chi connectivity index (χ4v) is 1.55. The van der Waals surface area contributed by atoms with E-state index in [0.29, 0.717) is 6.54 Å². The summed E-state index contributed by atoms with van der Waals surface area (Å²) in [5, 5.41) is 0. The molecule has 0 atom stereocenters. The summed E-state index contributed by atoms with van der Waals surface area (Å²) < 4.78 is 26.1. The Morgan fingerprint density at radius 3 is 2.30 bits per heavy atom. The van der Waals surface area contributed by atoms with Gasteiger partial charge in [0.2, 0.25) is 0 Å². The SMILES string of the molecule is CN(C)S(=O)(=O)NCCI. The molecule has 0 saturated heterocycles. The molecule has 0 saturated carbocycles. The van der Waals surface area contributed by atoms with Crippen LogP contribution in [0, 0.1) is 0 Å². The maximum atomic E-state index is 10.9. The van der Waals surface area contributed by atoms with Crippen LogP contribution in [0.5, 0.6) is 0 Å². The average Bonchev–Trinajstić information content (AvgIpc) is 1.84. The predicted octanol–water partition coefficient (Wildman–Crippen LogP) is -0.183. The summed E-state index contributed by atoms with van der Waals surface area (Å²) in [6, 6.07) is 0. The lowest BCUT2D eigenvalue weighted by Gasteiger charge is -2.10. The minimum absolute atomic E-state index is 0.487. The Morgan fingerprint density at radius 1 is 1.50 bits per heavy atom. The van der Waals surface area contributed by atoms with Crippen molar-refractivity contribution in [1.29, 1.82) is 0 Å². The highest BCUT2D eigenvalue weighted by Gasteiger charge is 2.10. The van der Waals surface area contributed by atoms with E-state index in [2.05, 4.69) is 27.3 Å². The second-order valence-electron chi connectivity index (χ2n) is 1.87. The van der Waals surface area contributed by atoms with Crippen LogP contribution in [0.3, 0.4) is 0 Å². The van der Waals surface area contributed by atoms with E-state index >= 15 is 0 Å². The van der Waals surface area contributed by atoms with Gasteiger partial charge in [-0.25, -0.2) is 4.72 Å². The van der Waals surface area contributed by atoms with Crippen molar-refractivity contribution in [2.24, 2.45) is 0 Å². The van der Waals surface area contributed by atoms with E-state index < -0.39 is 10.2 Å². The minimum Gasteiger partial charge on any atom is -0.201 e. The number of hydrogen-bond acceptors (Lipinski definition) is 2. The second kappa shape index (κ2) is 4.47. The molecule has 4 nitrogen and oxygen atoms in total. The molecule has 0 aliphatic heterocycles. The Morgan fingerprint density at radius 2 is 2.00 bits per heavy atom. The molecule has 0 bridgehead atoms. The highest BCUT2D eigenvalue weighted by molar-refractivity contribution is 14.1. The lowest BCUT2D eigenvalue weighted by atomic mass is 10.8. The average molecular weight is 278 g/mol. The largest absolute Gasteiger partial charge is 0.278 e. The maximum absolute atomic E-state index is 10.9. The Kier molecular flexibility index (Phi) is 4.74. The first-order chi connectivity index (χ1) is 4.50. The van der Waals surface area contributed by atoms with Crippen LogP contribution < -0.4 is 4.72 Å². The normalized spacial score (nSPS) is 12.4. The van der Waals surface area contributed by atoms with Gasteiger partial charge in [-0.2, -0.15) is 12.7 Å². The molecule has 0 aliphatic carbocycles. The van der Waals surface area contributed by atoms with Crippen LogP contribution in [-0.4, -0.2) is 37.8 Å². The molecule has 0 aromatic rings. The van der Waals surface area contributed by atoms with Gasteiger partial charge >= 0.3 is 0 Å². The van der Waals surface area contributed by atoms with E-state index in [1.807, 2.05) is 0 Å². The van der Waals surface area contributed by atoms with Crippen LogP contribution >= 0.6 is 22.6 Å². The van der Waals surface area contributed by atoms with Crippen molar-refractivity contribution in [2.45, 2.75) is 0 Å². The van der Waals surface area contributed by atoms with Crippen LogP contribution in [-0.2, 0) is 10.2 Å². The highest BCUT2D eigenvalue weighted by atomic mass is 127. The number of rotatable bonds is 4. The van der Waals surface area contributed by atoms with E-state index in [-0.39, 0.29) is 0 Å². The minimum atomic E-state index is -3.18. The van der Waals surface area contributed by atoms with E-state index in [9.17, 15) is 8.42 Å². The lowest BCUT2D eigenvalue weighted by molar-refractivity contribution is 0.508. The fourth-order valence-electron chi connectivity index (χ4n) is 0.297. The van der Waals surface area contributed by atoms with E-state index in [1.54, 1.807) is 0 Å². The predicted molar refractivity (Wildman–Crippen MR) is 49.5 cm³/mol. The molecule has 1 N–H and O–H groups in total. The quantitative estimate of drug-likeness (QED) is 0.573. The molecule has 0 fully saturated rings. The summed E-state index contributed by atoms with van der Waals surface area (Å²) in [6.45, 7) is 0.487. The molecule has 0 unspecified atom stereocenters. The smallest absolute Gasteiger partial charge is 0.201 e. The maximum Gasteiger partial charge on any atom is 0.278 e. The lowest BCUT2D eigenvalue weighted by Crippen LogP contribution is -2.36. The molecule has 6 heteroatoms. The molecule has 10 heavy (non-hydrogen) atoms. The molecule has 0 amide bonds. The van der Waals surface area contributed by atoms with Gasteiger partial charge in [0.05, 0.1) is 0 Å². The molecule has 0 aromatic heterocycles. The van der Waals surface area contributed by atoms with Gasteiger partial charge in [-0.05, 0) is 0 Å². The Labute approximate surface area is 75.3 Å². The van der Waals surface area contributed by atoms with E-state index in [4.69, 9.17) is 0 Å². The Bertz CT molecular complexity index is 178. The summed E-state index contributed by atoms with van der Waals surface area (Å²) in [6.07, 6.45) is 0. The van der Waals surface area contributed by atoms with Crippen molar-refractivity contribution in [1.82, 2.24) is 9.03 Å². The van der Waals surface area contributed by atoms with Gasteiger partial charge in [-0.3, -0.25) is 0 Å². The molecule has 0 spiro atoms. The third kappa shape index (κ3) is 3.69. The van der Waals surface area contributed by atoms with Gasteiger partial charge in [-0.15, -0.1) is 0 Å². The summed E-state index contributed by atoms with van der Waals surface area (Å²) >= 11 is 2.11. The number of nitrogens with one attached hydrogen (secondary N) is 1. The van der Waals surface area contributed by atoms with Crippen LogP contribution in [0.25, 0.3) is 0 Å². The molecule has 0 aromatic carbocycles. The molecular formula is C4H11IN2O2S. The Balaban J connectivity index is 3.90. The standard InChI is InChI=1S/C4H11IN2O2S/c1-7(2)10(8,9)6-4-3-5/h6H,3-4H2,1-2H3. The third-order valence-corrected chi connectivity index (χ3v) is 2.93. The van der Waals surface area contributed by atoms with E-state index in [0.717, 1.165) is 8.73 Å². The van der Waals surface area contributed by atoms with Gasteiger partial charge in [0.15, 0.2) is 0 Å². The van der Waals surface area contributed by atoms with Crippen molar-refractivity contribution in [3.63, 3.8) is 0 Å². The molecular weight excluding hydrogens is 267 g/mol. The first kappa shape index (κ1) is 10.6. The zero-order chi connectivity index (χ0) is 8.20.